The topological polar surface area (TPSA) is 73.9 Å². The number of hydrogen-bond donors (Lipinski definition) is 1. The summed E-state index contributed by atoms with van der Waals surface area (Å²) in [7, 11) is -3.87. The number of benzene rings is 2. The second-order valence-corrected chi connectivity index (χ2v) is 7.49. The zero-order valence-corrected chi connectivity index (χ0v) is 16.7. The van der Waals surface area contributed by atoms with Crippen molar-refractivity contribution in [3.8, 4) is 5.75 Å². The first-order chi connectivity index (χ1) is 12.4. The zero-order valence-electron chi connectivity index (χ0n) is 14.2. The summed E-state index contributed by atoms with van der Waals surface area (Å²) in [5.41, 5.74) is 0.363. The minimum atomic E-state index is -3.87. The summed E-state index contributed by atoms with van der Waals surface area (Å²) in [4.78, 5) is 12.6. The fourth-order valence-corrected chi connectivity index (χ4v) is 3.62. The maximum atomic E-state index is 13.3. The molecule has 0 aliphatic heterocycles. The van der Waals surface area contributed by atoms with E-state index in [-0.39, 0.29) is 30.2 Å². The highest BCUT2D eigenvalue weighted by Crippen LogP contribution is 2.50. The van der Waals surface area contributed by atoms with Gasteiger partial charge in [0, 0.05) is 10.2 Å². The lowest BCUT2D eigenvalue weighted by atomic mass is 10.2. The van der Waals surface area contributed by atoms with E-state index in [1.807, 2.05) is 0 Å². The van der Waals surface area contributed by atoms with Gasteiger partial charge in [-0.15, -0.1) is 0 Å². The number of anilines is 1. The molecule has 9 heteroatoms. The van der Waals surface area contributed by atoms with Crippen molar-refractivity contribution in [1.82, 2.24) is 0 Å². The highest BCUT2D eigenvalue weighted by atomic mass is 79.9. The molecule has 0 heterocycles. The Bertz CT molecular complexity index is 823. The van der Waals surface area contributed by atoms with E-state index < -0.39 is 19.5 Å². The standard InChI is InChI=1S/C17H18BrFNO5P/c1-3-23-26(22,24-4-2)25-16-9-8-12(18)10-15(16)17(21)20-14-7-5-6-13(19)11-14/h5-11H,3-4H2,1-2H3,(H,20,21). The summed E-state index contributed by atoms with van der Waals surface area (Å²) in [5.74, 6) is -1.02. The van der Waals surface area contributed by atoms with E-state index in [0.29, 0.717) is 4.47 Å². The molecule has 0 saturated heterocycles. The second-order valence-electron chi connectivity index (χ2n) is 4.98. The van der Waals surface area contributed by atoms with Gasteiger partial charge in [-0.25, -0.2) is 8.96 Å². The summed E-state index contributed by atoms with van der Waals surface area (Å²) in [6.45, 7) is 3.51. The van der Waals surface area contributed by atoms with E-state index in [4.69, 9.17) is 13.6 Å². The maximum Gasteiger partial charge on any atom is 0.530 e. The number of amides is 1. The maximum absolute atomic E-state index is 13.3. The van der Waals surface area contributed by atoms with E-state index in [0.717, 1.165) is 0 Å². The van der Waals surface area contributed by atoms with E-state index in [1.54, 1.807) is 26.0 Å². The Hall–Kier alpha value is -1.73. The lowest BCUT2D eigenvalue weighted by molar-refractivity contribution is 0.102. The van der Waals surface area contributed by atoms with Gasteiger partial charge in [0.2, 0.25) is 0 Å². The Balaban J connectivity index is 2.31. The van der Waals surface area contributed by atoms with Crippen molar-refractivity contribution in [3.05, 3.63) is 58.3 Å². The summed E-state index contributed by atoms with van der Waals surface area (Å²) < 4.78 is 42.1. The van der Waals surface area contributed by atoms with Crippen molar-refractivity contribution < 1.29 is 27.3 Å². The normalized spacial score (nSPS) is 11.2. The lowest BCUT2D eigenvalue weighted by Gasteiger charge is -2.19. The molecule has 1 amide bonds. The zero-order chi connectivity index (χ0) is 19.2. The van der Waals surface area contributed by atoms with Crippen LogP contribution in [0.2, 0.25) is 0 Å². The number of rotatable bonds is 8. The smallest absolute Gasteiger partial charge is 0.403 e. The van der Waals surface area contributed by atoms with Gasteiger partial charge in [0.15, 0.2) is 0 Å². The van der Waals surface area contributed by atoms with E-state index >= 15 is 0 Å². The fraction of sp³-hybridized carbons (Fsp3) is 0.235. The summed E-state index contributed by atoms with van der Waals surface area (Å²) in [6.07, 6.45) is 0. The van der Waals surface area contributed by atoms with Crippen LogP contribution >= 0.6 is 23.8 Å². The van der Waals surface area contributed by atoms with Crippen LogP contribution in [0.15, 0.2) is 46.9 Å². The van der Waals surface area contributed by atoms with E-state index in [1.165, 1.54) is 30.3 Å². The number of nitrogens with one attached hydrogen (secondary N) is 1. The minimum absolute atomic E-state index is 0.0207. The molecule has 2 rings (SSSR count). The van der Waals surface area contributed by atoms with Gasteiger partial charge in [-0.1, -0.05) is 22.0 Å². The highest BCUT2D eigenvalue weighted by Gasteiger charge is 2.29. The van der Waals surface area contributed by atoms with Gasteiger partial charge in [-0.05, 0) is 50.2 Å². The third-order valence-corrected chi connectivity index (χ3v) is 5.12. The van der Waals surface area contributed by atoms with Crippen molar-refractivity contribution in [3.63, 3.8) is 0 Å². The molecule has 1 N–H and O–H groups in total. The van der Waals surface area contributed by atoms with Gasteiger partial charge in [0.1, 0.15) is 11.6 Å². The van der Waals surface area contributed by atoms with Gasteiger partial charge in [-0.3, -0.25) is 13.8 Å². The van der Waals surface area contributed by atoms with Gasteiger partial charge in [0.05, 0.1) is 18.8 Å². The molecule has 0 bridgehead atoms. The number of phosphoric ester groups is 1. The summed E-state index contributed by atoms with van der Waals surface area (Å²) in [6, 6.07) is 10.1. The number of phosphoric acid groups is 1. The largest absolute Gasteiger partial charge is 0.530 e. The molecule has 0 radical (unpaired) electrons. The van der Waals surface area contributed by atoms with Crippen LogP contribution in [0.25, 0.3) is 0 Å². The van der Waals surface area contributed by atoms with Gasteiger partial charge < -0.3 is 9.84 Å². The minimum Gasteiger partial charge on any atom is -0.403 e. The van der Waals surface area contributed by atoms with Crippen LogP contribution in [0.1, 0.15) is 24.2 Å². The average Bonchev–Trinajstić information content (AvgIpc) is 2.57. The van der Waals surface area contributed by atoms with E-state index in [2.05, 4.69) is 21.2 Å². The molecule has 26 heavy (non-hydrogen) atoms. The first-order valence-electron chi connectivity index (χ1n) is 7.82. The predicted octanol–water partition coefficient (Wildman–Crippen LogP) is 5.40. The highest BCUT2D eigenvalue weighted by molar-refractivity contribution is 9.10. The van der Waals surface area contributed by atoms with Crippen molar-refractivity contribution in [2.45, 2.75) is 13.8 Å². The van der Waals surface area contributed by atoms with Crippen LogP contribution in [0.3, 0.4) is 0 Å². The van der Waals surface area contributed by atoms with E-state index in [9.17, 15) is 13.8 Å². The third kappa shape index (κ3) is 5.64. The van der Waals surface area contributed by atoms with Crippen LogP contribution in [0.5, 0.6) is 5.75 Å². The summed E-state index contributed by atoms with van der Waals surface area (Å²) in [5, 5.41) is 2.57. The molecule has 0 aliphatic rings. The molecular weight excluding hydrogens is 428 g/mol. The Kier molecular flexibility index (Phi) is 7.34. The molecule has 2 aromatic rings. The van der Waals surface area contributed by atoms with Crippen LogP contribution in [0, 0.1) is 5.82 Å². The number of halogens is 2. The van der Waals surface area contributed by atoms with Crippen molar-refractivity contribution in [1.29, 1.82) is 0 Å². The molecule has 0 aliphatic carbocycles. The number of carbonyl (C=O) groups is 1. The van der Waals surface area contributed by atoms with Gasteiger partial charge in [0.25, 0.3) is 5.91 Å². The molecule has 0 fully saturated rings. The predicted molar refractivity (Wildman–Crippen MR) is 100.0 cm³/mol. The third-order valence-electron chi connectivity index (χ3n) is 3.05. The molecule has 0 saturated carbocycles. The molecular formula is C17H18BrFNO5P. The summed E-state index contributed by atoms with van der Waals surface area (Å²) >= 11 is 3.28. The first-order valence-corrected chi connectivity index (χ1v) is 10.1. The monoisotopic (exact) mass is 445 g/mol. The molecule has 2 aromatic carbocycles. The van der Waals surface area contributed by atoms with Gasteiger partial charge >= 0.3 is 7.82 Å². The Morgan fingerprint density at radius 2 is 1.85 bits per heavy atom. The Morgan fingerprint density at radius 3 is 2.46 bits per heavy atom. The van der Waals surface area contributed by atoms with Crippen LogP contribution in [-0.4, -0.2) is 19.1 Å². The molecule has 0 spiro atoms. The molecule has 0 aromatic heterocycles. The average molecular weight is 446 g/mol. The van der Waals surface area contributed by atoms with Crippen molar-refractivity contribution in [2.24, 2.45) is 0 Å². The Morgan fingerprint density at radius 1 is 1.15 bits per heavy atom. The van der Waals surface area contributed by atoms with Gasteiger partial charge in [-0.2, -0.15) is 0 Å². The fourth-order valence-electron chi connectivity index (χ4n) is 2.05. The number of hydrogen-bond acceptors (Lipinski definition) is 5. The van der Waals surface area contributed by atoms with Crippen LogP contribution < -0.4 is 9.84 Å². The Labute approximate surface area is 159 Å². The molecule has 6 nitrogen and oxygen atoms in total. The SMILES string of the molecule is CCOP(=O)(OCC)Oc1ccc(Br)cc1C(=O)Nc1cccc(F)c1. The van der Waals surface area contributed by atoms with Crippen LogP contribution in [0.4, 0.5) is 10.1 Å². The second kappa shape index (κ2) is 9.28. The molecule has 140 valence electrons. The van der Waals surface area contributed by atoms with Crippen LogP contribution in [-0.2, 0) is 13.6 Å². The first kappa shape index (κ1) is 20.6. The number of carbonyl (C=O) groups excluding carboxylic acids is 1. The molecule has 0 atom stereocenters. The van der Waals surface area contributed by atoms with Crippen molar-refractivity contribution in [2.75, 3.05) is 18.5 Å². The lowest BCUT2D eigenvalue weighted by Crippen LogP contribution is -2.14. The quantitative estimate of drug-likeness (QED) is 0.550. The molecule has 0 unspecified atom stereocenters. The van der Waals surface area contributed by atoms with Crippen molar-refractivity contribution >= 4 is 35.3 Å².